The number of hydrogen-bond donors (Lipinski definition) is 1. The molecule has 0 aromatic rings. The average molecular weight is 89.9 g/mol. The highest BCUT2D eigenvalue weighted by atomic mass is 27.0. The predicted octanol–water partition coefficient (Wildman–Crippen LogP) is -2.37. The first-order valence-corrected chi connectivity index (χ1v) is 1.02. The first-order valence-electron chi connectivity index (χ1n) is 1.02. The Morgan fingerprint density at radius 1 is 1.60 bits per heavy atom. The number of hydrogen-bond acceptors (Lipinski definition) is 1. The number of aliphatic hydroxyl groups is 1. The van der Waals surface area contributed by atoms with E-state index in [0.717, 1.165) is 0 Å². The van der Waals surface area contributed by atoms with Gasteiger partial charge in [0.05, 0.1) is 8.41 Å². The van der Waals surface area contributed by atoms with Crippen LogP contribution in [0.1, 0.15) is 6.92 Å². The van der Waals surface area contributed by atoms with E-state index < -0.39 is 0 Å². The average Bonchev–Trinajstić information content (AvgIpc) is 0.918. The summed E-state index contributed by atoms with van der Waals surface area (Å²) in [6.45, 7) is 1.93. The molecule has 5 heavy (non-hydrogen) atoms. The summed E-state index contributed by atoms with van der Waals surface area (Å²) in [7, 11) is 0. The molecule has 0 fully saturated rings. The second-order valence-corrected chi connectivity index (χ2v) is 0.316. The topological polar surface area (TPSA) is 20.2 Å². The molecule has 0 aromatic carbocycles. The van der Waals surface area contributed by atoms with E-state index in [1.54, 1.807) is 6.92 Å². The Labute approximate surface area is 45.1 Å². The highest BCUT2D eigenvalue weighted by Gasteiger charge is 1.34. The van der Waals surface area contributed by atoms with Gasteiger partial charge in [0, 0.05) is 6.61 Å². The van der Waals surface area contributed by atoms with Gasteiger partial charge in [-0.25, -0.2) is 0 Å². The minimum absolute atomic E-state index is 0. The standard InChI is InChI=1S/C2H6O.Al.BH3.3H/c1-2-3;;;;;/h3H,2H2,1H3;;1H3;;;. The molecule has 3 heteroatoms. The fourth-order valence-electron chi connectivity index (χ4n) is 0. The van der Waals surface area contributed by atoms with Crippen LogP contribution in [0.4, 0.5) is 0 Å². The lowest BCUT2D eigenvalue weighted by molar-refractivity contribution is 0.318. The molecule has 0 saturated heterocycles. The summed E-state index contributed by atoms with van der Waals surface area (Å²) in [4.78, 5) is 0. The van der Waals surface area contributed by atoms with Gasteiger partial charge in [0.25, 0.3) is 0 Å². The quantitative estimate of drug-likeness (QED) is 0.329. The molecule has 0 rings (SSSR count). The zero-order valence-electron chi connectivity index (χ0n) is 2.15. The molecule has 0 aliphatic heterocycles. The van der Waals surface area contributed by atoms with Gasteiger partial charge in [-0.1, -0.05) is 0 Å². The zero-order chi connectivity index (χ0) is 2.71. The molecule has 0 spiro atoms. The maximum Gasteiger partial charge on any atom is 0.187 e. The van der Waals surface area contributed by atoms with Gasteiger partial charge < -0.3 is 5.11 Å². The summed E-state index contributed by atoms with van der Waals surface area (Å²) in [5, 5.41) is 7.57. The van der Waals surface area contributed by atoms with E-state index in [1.165, 1.54) is 0 Å². The molecule has 0 amide bonds. The predicted molar refractivity (Wildman–Crippen MR) is 32.6 cm³/mol. The Morgan fingerprint density at radius 3 is 1.60 bits per heavy atom. The van der Waals surface area contributed by atoms with Crippen molar-refractivity contribution >= 4 is 25.8 Å². The molecule has 0 aromatic heterocycles. The molecule has 0 bridgehead atoms. The van der Waals surface area contributed by atoms with Gasteiger partial charge in [-0.15, -0.1) is 0 Å². The molecule has 0 heterocycles. The first kappa shape index (κ1) is 17.6. The number of aliphatic hydroxyl groups excluding tert-OH is 1. The molecule has 0 unspecified atom stereocenters. The van der Waals surface area contributed by atoms with E-state index in [9.17, 15) is 0 Å². The van der Waals surface area contributed by atoms with Crippen LogP contribution in [0, 0.1) is 0 Å². The molecule has 0 aliphatic carbocycles. The molecule has 1 nitrogen and oxygen atoms in total. The minimum atomic E-state index is 0. The fraction of sp³-hybridized carbons (Fsp3) is 1.00. The van der Waals surface area contributed by atoms with Crippen LogP contribution in [0.2, 0.25) is 0 Å². The Kier molecular flexibility index (Phi) is 83.9. The molecule has 0 atom stereocenters. The van der Waals surface area contributed by atoms with Crippen LogP contribution < -0.4 is 0 Å². The summed E-state index contributed by atoms with van der Waals surface area (Å²) < 4.78 is 0. The molecular formula is C2H12AlBO. The van der Waals surface area contributed by atoms with E-state index in [1.807, 2.05) is 0 Å². The van der Waals surface area contributed by atoms with Crippen LogP contribution in [-0.4, -0.2) is 37.5 Å². The lowest BCUT2D eigenvalue weighted by Crippen LogP contribution is -1.57. The second-order valence-electron chi connectivity index (χ2n) is 0.316. The molecule has 32 valence electrons. The van der Waals surface area contributed by atoms with Gasteiger partial charge in [-0.3, -0.25) is 0 Å². The normalized spacial score (nSPS) is 3.60. The minimum Gasteiger partial charge on any atom is -0.397 e. The molecule has 0 saturated carbocycles. The van der Waals surface area contributed by atoms with Crippen LogP contribution in [0.15, 0.2) is 0 Å². The summed E-state index contributed by atoms with van der Waals surface area (Å²) in [6, 6.07) is 0. The van der Waals surface area contributed by atoms with Gasteiger partial charge in [0.15, 0.2) is 17.4 Å². The van der Waals surface area contributed by atoms with Gasteiger partial charge in [0.1, 0.15) is 0 Å². The summed E-state index contributed by atoms with van der Waals surface area (Å²) in [6.07, 6.45) is 0. The third-order valence-electron chi connectivity index (χ3n) is 0. The van der Waals surface area contributed by atoms with Crippen LogP contribution in [0.5, 0.6) is 0 Å². The van der Waals surface area contributed by atoms with Crippen LogP contribution in [-0.2, 0) is 0 Å². The second kappa shape index (κ2) is 23.8. The summed E-state index contributed by atoms with van der Waals surface area (Å²) in [5.74, 6) is 0. The van der Waals surface area contributed by atoms with Crippen LogP contribution in [0.25, 0.3) is 0 Å². The monoisotopic (exact) mass is 90.1 g/mol. The molecule has 0 radical (unpaired) electrons. The largest absolute Gasteiger partial charge is 0.397 e. The Morgan fingerprint density at radius 2 is 1.60 bits per heavy atom. The van der Waals surface area contributed by atoms with Crippen LogP contribution in [0.3, 0.4) is 0 Å². The smallest absolute Gasteiger partial charge is 0.187 e. The molecular weight excluding hydrogens is 77.8 g/mol. The summed E-state index contributed by atoms with van der Waals surface area (Å²) in [5.41, 5.74) is 0. The lowest BCUT2D eigenvalue weighted by atomic mass is 10.8. The van der Waals surface area contributed by atoms with Crippen molar-refractivity contribution in [3.05, 3.63) is 0 Å². The van der Waals surface area contributed by atoms with Crippen molar-refractivity contribution in [2.45, 2.75) is 6.92 Å². The highest BCUT2D eigenvalue weighted by molar-refractivity contribution is 5.76. The van der Waals surface area contributed by atoms with Gasteiger partial charge in [0.2, 0.25) is 0 Å². The molecule has 0 aliphatic rings. The first-order chi connectivity index (χ1) is 1.41. The van der Waals surface area contributed by atoms with Crippen molar-refractivity contribution in [3.8, 4) is 0 Å². The zero-order valence-corrected chi connectivity index (χ0v) is 2.15. The number of rotatable bonds is 0. The Bertz CT molecular complexity index is 9.61. The highest BCUT2D eigenvalue weighted by Crippen LogP contribution is 1.30. The van der Waals surface area contributed by atoms with E-state index in [-0.39, 0.29) is 32.4 Å². The van der Waals surface area contributed by atoms with Crippen molar-refractivity contribution in [2.75, 3.05) is 6.61 Å². The van der Waals surface area contributed by atoms with Gasteiger partial charge in [-0.2, -0.15) is 0 Å². The van der Waals surface area contributed by atoms with E-state index in [4.69, 9.17) is 5.11 Å². The van der Waals surface area contributed by atoms with E-state index >= 15 is 0 Å². The Balaban J connectivity index is -0.0000000200. The lowest BCUT2D eigenvalue weighted by Gasteiger charge is -1.52. The molecule has 1 N–H and O–H groups in total. The third-order valence-corrected chi connectivity index (χ3v) is 0. The summed E-state index contributed by atoms with van der Waals surface area (Å²) >= 11 is 0. The SMILES string of the molecule is B.CCO.[AlH3]. The van der Waals surface area contributed by atoms with Crippen molar-refractivity contribution < 1.29 is 5.11 Å². The third kappa shape index (κ3) is 95.9. The van der Waals surface area contributed by atoms with Gasteiger partial charge in [-0.05, 0) is 6.92 Å². The fourth-order valence-corrected chi connectivity index (χ4v) is 0. The van der Waals surface area contributed by atoms with Crippen molar-refractivity contribution in [3.63, 3.8) is 0 Å². The van der Waals surface area contributed by atoms with Crippen molar-refractivity contribution in [1.82, 2.24) is 0 Å². The Hall–Kier alpha value is 0.557. The van der Waals surface area contributed by atoms with E-state index in [2.05, 4.69) is 0 Å². The van der Waals surface area contributed by atoms with Crippen molar-refractivity contribution in [1.29, 1.82) is 0 Å². The van der Waals surface area contributed by atoms with Crippen molar-refractivity contribution in [2.24, 2.45) is 0 Å². The van der Waals surface area contributed by atoms with E-state index in [0.29, 0.717) is 0 Å². The maximum atomic E-state index is 7.57. The van der Waals surface area contributed by atoms with Gasteiger partial charge >= 0.3 is 0 Å². The van der Waals surface area contributed by atoms with Crippen LogP contribution >= 0.6 is 0 Å². The maximum absolute atomic E-state index is 7.57.